The molecule has 4 rings (SSSR count). The molecular formula is C23H23NO2. The van der Waals surface area contributed by atoms with Gasteiger partial charge in [-0.15, -0.1) is 0 Å². The van der Waals surface area contributed by atoms with E-state index in [1.54, 1.807) is 7.11 Å². The van der Waals surface area contributed by atoms with E-state index in [1.165, 1.54) is 19.3 Å². The van der Waals surface area contributed by atoms with Crippen LogP contribution >= 0.6 is 0 Å². The second-order valence-corrected chi connectivity index (χ2v) is 7.01. The van der Waals surface area contributed by atoms with Gasteiger partial charge in [0.05, 0.1) is 18.3 Å². The van der Waals surface area contributed by atoms with Gasteiger partial charge in [0.15, 0.2) is 5.78 Å². The van der Waals surface area contributed by atoms with Crippen molar-refractivity contribution in [2.45, 2.75) is 38.0 Å². The topological polar surface area (TPSA) is 39.2 Å². The normalized spacial score (nSPS) is 15.1. The summed E-state index contributed by atoms with van der Waals surface area (Å²) in [6, 6.07) is 17.4. The van der Waals surface area contributed by atoms with E-state index >= 15 is 0 Å². The van der Waals surface area contributed by atoms with E-state index in [-0.39, 0.29) is 5.78 Å². The molecule has 0 spiro atoms. The molecule has 1 aliphatic rings. The van der Waals surface area contributed by atoms with E-state index in [1.807, 2.05) is 54.6 Å². The monoisotopic (exact) mass is 345 g/mol. The maximum atomic E-state index is 13.3. The van der Waals surface area contributed by atoms with Crippen LogP contribution in [-0.2, 0) is 0 Å². The number of para-hydroxylation sites is 1. The lowest BCUT2D eigenvalue weighted by molar-refractivity contribution is 0.103. The van der Waals surface area contributed by atoms with Crippen LogP contribution in [-0.4, -0.2) is 17.9 Å². The van der Waals surface area contributed by atoms with Crippen LogP contribution in [0, 0.1) is 0 Å². The van der Waals surface area contributed by atoms with E-state index in [0.717, 1.165) is 40.8 Å². The van der Waals surface area contributed by atoms with Gasteiger partial charge in [-0.05, 0) is 49.2 Å². The van der Waals surface area contributed by atoms with E-state index in [0.29, 0.717) is 11.5 Å². The average Bonchev–Trinajstić information content (AvgIpc) is 2.73. The second-order valence-electron chi connectivity index (χ2n) is 7.01. The highest BCUT2D eigenvalue weighted by Gasteiger charge is 2.24. The summed E-state index contributed by atoms with van der Waals surface area (Å²) in [5, 5.41) is 1.02. The molecule has 0 saturated heterocycles. The number of nitrogens with zero attached hydrogens (tertiary/aromatic N) is 1. The zero-order valence-corrected chi connectivity index (χ0v) is 15.1. The summed E-state index contributed by atoms with van der Waals surface area (Å²) < 4.78 is 5.21. The first-order chi connectivity index (χ1) is 12.8. The molecule has 0 atom stereocenters. The first-order valence-corrected chi connectivity index (χ1v) is 9.34. The van der Waals surface area contributed by atoms with Crippen LogP contribution in [0.3, 0.4) is 0 Å². The van der Waals surface area contributed by atoms with Crippen molar-refractivity contribution in [2.24, 2.45) is 0 Å². The molecule has 0 bridgehead atoms. The third-order valence-electron chi connectivity index (χ3n) is 5.34. The Morgan fingerprint density at radius 1 is 1.00 bits per heavy atom. The van der Waals surface area contributed by atoms with Crippen LogP contribution in [0.5, 0.6) is 5.75 Å². The Morgan fingerprint density at radius 3 is 2.46 bits per heavy atom. The maximum absolute atomic E-state index is 13.3. The van der Waals surface area contributed by atoms with Crippen LogP contribution in [0.25, 0.3) is 10.9 Å². The molecule has 0 aliphatic heterocycles. The molecule has 1 saturated carbocycles. The van der Waals surface area contributed by atoms with Crippen LogP contribution in [0.1, 0.15) is 59.6 Å². The molecule has 1 heterocycles. The Hall–Kier alpha value is -2.68. The number of benzene rings is 2. The molecular weight excluding hydrogens is 322 g/mol. The number of methoxy groups -OCH3 is 1. The van der Waals surface area contributed by atoms with Gasteiger partial charge in [0.1, 0.15) is 5.75 Å². The lowest BCUT2D eigenvalue weighted by atomic mass is 9.83. The van der Waals surface area contributed by atoms with Gasteiger partial charge in [-0.2, -0.15) is 0 Å². The molecule has 0 N–H and O–H groups in total. The van der Waals surface area contributed by atoms with Gasteiger partial charge in [-0.1, -0.05) is 37.5 Å². The van der Waals surface area contributed by atoms with Crippen LogP contribution in [0.2, 0.25) is 0 Å². The standard InChI is InChI=1S/C23H23NO2/c1-26-19-13-11-17(12-14-19)23(25)20-15-18-9-5-6-10-21(18)24-22(20)16-7-3-2-4-8-16/h5-6,9-16H,2-4,7-8H2,1H3. The van der Waals surface area contributed by atoms with Gasteiger partial charge in [0.2, 0.25) is 0 Å². The van der Waals surface area contributed by atoms with Crippen molar-refractivity contribution < 1.29 is 9.53 Å². The van der Waals surface area contributed by atoms with Gasteiger partial charge >= 0.3 is 0 Å². The highest BCUT2D eigenvalue weighted by Crippen LogP contribution is 2.35. The summed E-state index contributed by atoms with van der Waals surface area (Å²) in [7, 11) is 1.63. The molecule has 1 aromatic heterocycles. The summed E-state index contributed by atoms with van der Waals surface area (Å²) in [6.45, 7) is 0. The lowest BCUT2D eigenvalue weighted by Crippen LogP contribution is -2.14. The average molecular weight is 345 g/mol. The summed E-state index contributed by atoms with van der Waals surface area (Å²) >= 11 is 0. The maximum Gasteiger partial charge on any atom is 0.194 e. The Morgan fingerprint density at radius 2 is 1.73 bits per heavy atom. The van der Waals surface area contributed by atoms with Crippen LogP contribution < -0.4 is 4.74 Å². The number of carbonyl (C=O) groups is 1. The Balaban J connectivity index is 1.81. The third kappa shape index (κ3) is 3.22. The first kappa shape index (κ1) is 16.8. The number of hydrogen-bond donors (Lipinski definition) is 0. The number of rotatable bonds is 4. The highest BCUT2D eigenvalue weighted by molar-refractivity contribution is 6.11. The summed E-state index contributed by atoms with van der Waals surface area (Å²) in [6.07, 6.45) is 5.96. The van der Waals surface area contributed by atoms with Gasteiger partial charge in [-0.25, -0.2) is 0 Å². The molecule has 1 aliphatic carbocycles. The molecule has 3 nitrogen and oxygen atoms in total. The van der Waals surface area contributed by atoms with Crippen molar-refractivity contribution in [2.75, 3.05) is 7.11 Å². The van der Waals surface area contributed by atoms with E-state index in [9.17, 15) is 4.79 Å². The third-order valence-corrected chi connectivity index (χ3v) is 5.34. The number of ketones is 1. The van der Waals surface area contributed by atoms with Gasteiger partial charge in [0.25, 0.3) is 0 Å². The SMILES string of the molecule is COc1ccc(C(=O)c2cc3ccccc3nc2C2CCCCC2)cc1. The second kappa shape index (κ2) is 7.28. The van der Waals surface area contributed by atoms with Crippen molar-refractivity contribution in [3.05, 3.63) is 71.4 Å². The predicted molar refractivity (Wildman–Crippen MR) is 104 cm³/mol. The summed E-state index contributed by atoms with van der Waals surface area (Å²) in [5.41, 5.74) is 3.38. The number of pyridine rings is 1. The van der Waals surface area contributed by atoms with Crippen molar-refractivity contribution >= 4 is 16.7 Å². The predicted octanol–water partition coefficient (Wildman–Crippen LogP) is 5.52. The van der Waals surface area contributed by atoms with Gasteiger partial charge in [-0.3, -0.25) is 9.78 Å². The molecule has 0 amide bonds. The fraction of sp³-hybridized carbons (Fsp3) is 0.304. The minimum atomic E-state index is 0.0477. The van der Waals surface area contributed by atoms with Gasteiger partial charge < -0.3 is 4.74 Å². The smallest absolute Gasteiger partial charge is 0.194 e. The Bertz CT molecular complexity index is 925. The quantitative estimate of drug-likeness (QED) is 0.584. The van der Waals surface area contributed by atoms with Crippen molar-refractivity contribution in [1.82, 2.24) is 4.98 Å². The molecule has 3 heteroatoms. The number of carbonyl (C=O) groups excluding carboxylic acids is 1. The zero-order valence-electron chi connectivity index (χ0n) is 15.1. The van der Waals surface area contributed by atoms with E-state index in [2.05, 4.69) is 0 Å². The lowest BCUT2D eigenvalue weighted by Gasteiger charge is -2.23. The molecule has 1 fully saturated rings. The highest BCUT2D eigenvalue weighted by atomic mass is 16.5. The van der Waals surface area contributed by atoms with Crippen molar-refractivity contribution in [1.29, 1.82) is 0 Å². The summed E-state index contributed by atoms with van der Waals surface area (Å²) in [5.74, 6) is 1.18. The Kier molecular flexibility index (Phi) is 4.70. The number of hydrogen-bond acceptors (Lipinski definition) is 3. The molecule has 2 aromatic carbocycles. The fourth-order valence-corrected chi connectivity index (χ4v) is 3.90. The zero-order chi connectivity index (χ0) is 17.9. The Labute approximate surface area is 154 Å². The number of fused-ring (bicyclic) bond motifs is 1. The minimum Gasteiger partial charge on any atom is -0.497 e. The number of ether oxygens (including phenoxy) is 1. The van der Waals surface area contributed by atoms with Crippen LogP contribution in [0.15, 0.2) is 54.6 Å². The molecule has 3 aromatic rings. The van der Waals surface area contributed by atoms with Crippen molar-refractivity contribution in [3.8, 4) is 5.75 Å². The van der Waals surface area contributed by atoms with Crippen molar-refractivity contribution in [3.63, 3.8) is 0 Å². The molecule has 26 heavy (non-hydrogen) atoms. The molecule has 0 unspecified atom stereocenters. The summed E-state index contributed by atoms with van der Waals surface area (Å²) in [4.78, 5) is 18.2. The molecule has 132 valence electrons. The van der Waals surface area contributed by atoms with Gasteiger partial charge in [0, 0.05) is 22.4 Å². The van der Waals surface area contributed by atoms with Crippen LogP contribution in [0.4, 0.5) is 0 Å². The van der Waals surface area contributed by atoms with E-state index < -0.39 is 0 Å². The fourth-order valence-electron chi connectivity index (χ4n) is 3.90. The van der Waals surface area contributed by atoms with E-state index in [4.69, 9.17) is 9.72 Å². The first-order valence-electron chi connectivity index (χ1n) is 9.34. The minimum absolute atomic E-state index is 0.0477. The largest absolute Gasteiger partial charge is 0.497 e. The number of aromatic nitrogens is 1. The molecule has 0 radical (unpaired) electrons.